The van der Waals surface area contributed by atoms with Crippen molar-refractivity contribution in [2.45, 2.75) is 45.3 Å². The predicted octanol–water partition coefficient (Wildman–Crippen LogP) is 4.06. The summed E-state index contributed by atoms with van der Waals surface area (Å²) >= 11 is 3.45. The Balaban J connectivity index is 2.69. The highest BCUT2D eigenvalue weighted by Gasteiger charge is 2.50. The summed E-state index contributed by atoms with van der Waals surface area (Å²) in [6.45, 7) is 7.37. The molecule has 0 aliphatic carbocycles. The summed E-state index contributed by atoms with van der Waals surface area (Å²) in [6, 6.07) is 5.71. The lowest BCUT2D eigenvalue weighted by atomic mass is 9.81. The van der Waals surface area contributed by atoms with Crippen LogP contribution in [0.15, 0.2) is 28.4 Å². The zero-order chi connectivity index (χ0) is 17.4. The average molecular weight is 383 g/mol. The Bertz CT molecular complexity index is 663. The number of ketones is 1. The number of rotatable bonds is 4. The fraction of sp³-hybridized carbons (Fsp3) is 0.500. The predicted molar refractivity (Wildman–Crippen MR) is 93.5 cm³/mol. The van der Waals surface area contributed by atoms with Gasteiger partial charge in [-0.25, -0.2) is 0 Å². The molecule has 0 amide bonds. The first-order valence-corrected chi connectivity index (χ1v) is 8.42. The van der Waals surface area contributed by atoms with Crippen molar-refractivity contribution in [2.75, 3.05) is 13.7 Å². The number of benzene rings is 1. The second kappa shape index (κ2) is 6.38. The molecular formula is C18H23BrO4. The van der Waals surface area contributed by atoms with Crippen LogP contribution in [0.2, 0.25) is 0 Å². The number of ether oxygens (including phenoxy) is 2. The topological polar surface area (TPSA) is 55.8 Å². The van der Waals surface area contributed by atoms with E-state index in [-0.39, 0.29) is 18.1 Å². The molecule has 0 saturated carbocycles. The number of aliphatic hydroxyl groups excluding tert-OH is 1. The van der Waals surface area contributed by atoms with Gasteiger partial charge >= 0.3 is 0 Å². The van der Waals surface area contributed by atoms with E-state index in [4.69, 9.17) is 9.47 Å². The molecule has 0 radical (unpaired) electrons. The fourth-order valence-corrected chi connectivity index (χ4v) is 3.46. The molecule has 0 bridgehead atoms. The van der Waals surface area contributed by atoms with Crippen LogP contribution in [-0.4, -0.2) is 35.8 Å². The van der Waals surface area contributed by atoms with Gasteiger partial charge in [-0.3, -0.25) is 4.79 Å². The molecule has 5 heteroatoms. The lowest BCUT2D eigenvalue weighted by Crippen LogP contribution is -2.53. The zero-order valence-electron chi connectivity index (χ0n) is 14.2. The first kappa shape index (κ1) is 18.2. The molecule has 1 aromatic carbocycles. The first-order valence-electron chi connectivity index (χ1n) is 7.62. The largest absolute Gasteiger partial charge is 0.508 e. The number of carbonyl (C=O) groups excluding carboxylic acids is 1. The number of halogens is 1. The fourth-order valence-electron chi connectivity index (χ4n) is 3.05. The van der Waals surface area contributed by atoms with Crippen molar-refractivity contribution >= 4 is 27.3 Å². The number of hydrogen-bond donors (Lipinski definition) is 1. The third-order valence-electron chi connectivity index (χ3n) is 4.13. The third kappa shape index (κ3) is 3.23. The Kier molecular flexibility index (Phi) is 5.04. The number of carbonyl (C=O) groups is 1. The minimum Gasteiger partial charge on any atom is -0.508 e. The van der Waals surface area contributed by atoms with Crippen LogP contribution < -0.4 is 0 Å². The molecule has 126 valence electrons. The molecule has 1 aromatic rings. The molecule has 0 saturated heterocycles. The van der Waals surface area contributed by atoms with Crippen LogP contribution in [0.4, 0.5) is 0 Å². The van der Waals surface area contributed by atoms with Crippen LogP contribution in [0.1, 0.15) is 38.8 Å². The maximum atomic E-state index is 13.1. The summed E-state index contributed by atoms with van der Waals surface area (Å²) in [4.78, 5) is 13.1. The van der Waals surface area contributed by atoms with E-state index < -0.39 is 11.2 Å². The molecule has 2 rings (SSSR count). The second-order valence-corrected chi connectivity index (χ2v) is 7.40. The van der Waals surface area contributed by atoms with Gasteiger partial charge in [-0.15, -0.1) is 0 Å². The van der Waals surface area contributed by atoms with Gasteiger partial charge in [0.25, 0.3) is 0 Å². The highest BCUT2D eigenvalue weighted by molar-refractivity contribution is 9.10. The molecule has 1 atom stereocenters. The van der Waals surface area contributed by atoms with Crippen molar-refractivity contribution in [2.24, 2.45) is 0 Å². The van der Waals surface area contributed by atoms with Crippen LogP contribution in [0.25, 0.3) is 5.57 Å². The highest BCUT2D eigenvalue weighted by atomic mass is 79.9. The normalized spacial score (nSPS) is 24.2. The maximum absolute atomic E-state index is 13.1. The van der Waals surface area contributed by atoms with E-state index in [1.54, 1.807) is 20.8 Å². The molecular weight excluding hydrogens is 360 g/mol. The smallest absolute Gasteiger partial charge is 0.200 e. The van der Waals surface area contributed by atoms with Gasteiger partial charge in [0.2, 0.25) is 5.78 Å². The molecule has 1 aliphatic heterocycles. The minimum absolute atomic E-state index is 0.0342. The lowest BCUT2D eigenvalue weighted by Gasteiger charge is -2.42. The summed E-state index contributed by atoms with van der Waals surface area (Å²) in [7, 11) is 1.53. The Hall–Kier alpha value is -1.17. The summed E-state index contributed by atoms with van der Waals surface area (Å²) in [5.41, 5.74) is -0.0271. The molecule has 1 unspecified atom stereocenters. The van der Waals surface area contributed by atoms with E-state index in [1.165, 1.54) is 7.11 Å². The molecule has 1 N–H and O–H groups in total. The van der Waals surface area contributed by atoms with E-state index in [0.717, 1.165) is 22.0 Å². The van der Waals surface area contributed by atoms with Gasteiger partial charge in [0.1, 0.15) is 11.4 Å². The quantitative estimate of drug-likeness (QED) is 0.852. The van der Waals surface area contributed by atoms with Gasteiger partial charge in [0, 0.05) is 11.6 Å². The number of aryl methyl sites for hydroxylation is 1. The number of methoxy groups -OCH3 is 1. The van der Waals surface area contributed by atoms with Crippen molar-refractivity contribution in [3.8, 4) is 0 Å². The lowest BCUT2D eigenvalue weighted by molar-refractivity contribution is -0.173. The molecule has 1 heterocycles. The van der Waals surface area contributed by atoms with Crippen LogP contribution in [0, 0.1) is 0 Å². The Morgan fingerprint density at radius 1 is 1.30 bits per heavy atom. The van der Waals surface area contributed by atoms with Crippen LogP contribution in [0.5, 0.6) is 0 Å². The van der Waals surface area contributed by atoms with Crippen LogP contribution >= 0.6 is 15.9 Å². The maximum Gasteiger partial charge on any atom is 0.200 e. The second-order valence-electron chi connectivity index (χ2n) is 6.48. The van der Waals surface area contributed by atoms with Crippen molar-refractivity contribution in [1.29, 1.82) is 0 Å². The zero-order valence-corrected chi connectivity index (χ0v) is 15.8. The van der Waals surface area contributed by atoms with Gasteiger partial charge < -0.3 is 14.6 Å². The molecule has 0 aromatic heterocycles. The Morgan fingerprint density at radius 3 is 2.52 bits per heavy atom. The van der Waals surface area contributed by atoms with Crippen molar-refractivity contribution in [3.05, 3.63) is 39.6 Å². The van der Waals surface area contributed by atoms with E-state index in [0.29, 0.717) is 5.57 Å². The molecule has 4 nitrogen and oxygen atoms in total. The molecule has 0 fully saturated rings. The standard InChI is InChI=1S/C18H23BrO4/c1-6-11-9-12(19)7-8-13(11)14-15(20)17(2,3)23-18(4,10-22-5)16(14)21/h7-9,20H,6,10H2,1-5H3. The van der Waals surface area contributed by atoms with Crippen molar-refractivity contribution in [3.63, 3.8) is 0 Å². The van der Waals surface area contributed by atoms with E-state index in [2.05, 4.69) is 15.9 Å². The number of aliphatic hydroxyl groups is 1. The summed E-state index contributed by atoms with van der Waals surface area (Å²) in [5.74, 6) is -0.290. The summed E-state index contributed by atoms with van der Waals surface area (Å²) in [5, 5.41) is 10.7. The van der Waals surface area contributed by atoms with E-state index in [1.807, 2.05) is 25.1 Å². The monoisotopic (exact) mass is 382 g/mol. The Morgan fingerprint density at radius 2 is 1.96 bits per heavy atom. The first-order chi connectivity index (χ1) is 10.7. The van der Waals surface area contributed by atoms with Gasteiger partial charge in [-0.2, -0.15) is 0 Å². The summed E-state index contributed by atoms with van der Waals surface area (Å²) < 4.78 is 12.0. The highest BCUT2D eigenvalue weighted by Crippen LogP contribution is 2.41. The van der Waals surface area contributed by atoms with E-state index in [9.17, 15) is 9.90 Å². The van der Waals surface area contributed by atoms with Gasteiger partial charge in [-0.1, -0.05) is 28.9 Å². The number of hydrogen-bond acceptors (Lipinski definition) is 4. The average Bonchev–Trinajstić information content (AvgIpc) is 2.47. The van der Waals surface area contributed by atoms with Crippen molar-refractivity contribution < 1.29 is 19.4 Å². The Labute approximate surface area is 145 Å². The SMILES string of the molecule is CCc1cc(Br)ccc1C1=C(O)C(C)(C)OC(C)(COC)C1=O. The summed E-state index contributed by atoms with van der Waals surface area (Å²) in [6.07, 6.45) is 0.751. The number of Topliss-reactive ketones (excluding diaryl/α,β-unsaturated/α-hetero) is 1. The van der Waals surface area contributed by atoms with Crippen LogP contribution in [-0.2, 0) is 20.7 Å². The van der Waals surface area contributed by atoms with Crippen molar-refractivity contribution in [1.82, 2.24) is 0 Å². The minimum atomic E-state index is -1.13. The van der Waals surface area contributed by atoms with Gasteiger partial charge in [-0.05, 0) is 50.5 Å². The van der Waals surface area contributed by atoms with E-state index >= 15 is 0 Å². The molecule has 0 spiro atoms. The van der Waals surface area contributed by atoms with Crippen LogP contribution in [0.3, 0.4) is 0 Å². The molecule has 1 aliphatic rings. The van der Waals surface area contributed by atoms with Gasteiger partial charge in [0.15, 0.2) is 5.60 Å². The third-order valence-corrected chi connectivity index (χ3v) is 4.63. The van der Waals surface area contributed by atoms with Gasteiger partial charge in [0.05, 0.1) is 12.2 Å². The molecule has 23 heavy (non-hydrogen) atoms.